The first-order chi connectivity index (χ1) is 16.7. The molecule has 188 valence electrons. The molecule has 0 fully saturated rings. The summed E-state index contributed by atoms with van der Waals surface area (Å²) in [6, 6.07) is 5.53. The number of benzene rings is 1. The molecular formula is C22H28N6O7. The normalized spacial score (nSPS) is 13.2. The summed E-state index contributed by atoms with van der Waals surface area (Å²) < 4.78 is 0. The van der Waals surface area contributed by atoms with Crippen LogP contribution in [0.5, 0.6) is 0 Å². The van der Waals surface area contributed by atoms with Crippen molar-refractivity contribution in [3.05, 3.63) is 54.1 Å². The van der Waals surface area contributed by atoms with Crippen LogP contribution in [0.25, 0.3) is 0 Å². The molecule has 3 unspecified atom stereocenters. The van der Waals surface area contributed by atoms with E-state index in [0.717, 1.165) is 5.56 Å². The Morgan fingerprint density at radius 1 is 0.971 bits per heavy atom. The molecule has 0 aliphatic heterocycles. The summed E-state index contributed by atoms with van der Waals surface area (Å²) in [6.07, 6.45) is 2.21. The minimum absolute atomic E-state index is 0.0513. The number of carbonyl (C=O) groups is 5. The van der Waals surface area contributed by atoms with Crippen LogP contribution in [0.3, 0.4) is 0 Å². The van der Waals surface area contributed by atoms with Crippen molar-refractivity contribution in [1.29, 1.82) is 0 Å². The summed E-state index contributed by atoms with van der Waals surface area (Å²) in [5, 5.41) is 25.2. The number of nitrogens with one attached hydrogen (secondary N) is 4. The first-order valence-corrected chi connectivity index (χ1v) is 10.7. The van der Waals surface area contributed by atoms with Crippen LogP contribution in [0.15, 0.2) is 42.9 Å². The van der Waals surface area contributed by atoms with Gasteiger partial charge in [0.25, 0.3) is 0 Å². The molecule has 13 heteroatoms. The maximum absolute atomic E-state index is 12.7. The number of H-pyrrole nitrogens is 1. The number of carboxylic acids is 2. The van der Waals surface area contributed by atoms with Crippen molar-refractivity contribution in [3.8, 4) is 0 Å². The Balaban J connectivity index is 1.96. The molecule has 0 bridgehead atoms. The van der Waals surface area contributed by atoms with Gasteiger partial charge in [-0.25, -0.2) is 9.78 Å². The molecule has 0 radical (unpaired) electrons. The highest BCUT2D eigenvalue weighted by molar-refractivity contribution is 5.92. The number of hydrogen-bond acceptors (Lipinski definition) is 7. The first kappa shape index (κ1) is 27.0. The zero-order valence-corrected chi connectivity index (χ0v) is 18.8. The predicted molar refractivity (Wildman–Crippen MR) is 122 cm³/mol. The number of carbonyl (C=O) groups excluding carboxylic acids is 3. The Labute approximate surface area is 200 Å². The average molecular weight is 489 g/mol. The second-order valence-electron chi connectivity index (χ2n) is 7.75. The highest BCUT2D eigenvalue weighted by atomic mass is 16.4. The van der Waals surface area contributed by atoms with Crippen LogP contribution < -0.4 is 21.7 Å². The lowest BCUT2D eigenvalue weighted by Crippen LogP contribution is -2.54. The van der Waals surface area contributed by atoms with E-state index in [4.69, 9.17) is 10.8 Å². The van der Waals surface area contributed by atoms with E-state index >= 15 is 0 Å². The number of hydrogen-bond donors (Lipinski definition) is 7. The van der Waals surface area contributed by atoms with Gasteiger partial charge in [0.15, 0.2) is 0 Å². The van der Waals surface area contributed by atoms with Gasteiger partial charge < -0.3 is 36.9 Å². The Kier molecular flexibility index (Phi) is 10.4. The molecule has 8 N–H and O–H groups in total. The molecule has 0 saturated carbocycles. The SMILES string of the molecule is NC(Cc1ccccc1)C(=O)NCC(=O)NC(Cc1cnc[nH]1)C(=O)NC(CCC(=O)O)C(=O)O. The van der Waals surface area contributed by atoms with E-state index in [1.807, 2.05) is 30.3 Å². The number of nitrogens with two attached hydrogens (primary N) is 1. The third-order valence-corrected chi connectivity index (χ3v) is 4.95. The number of carboxylic acid groups (broad SMARTS) is 2. The minimum Gasteiger partial charge on any atom is -0.481 e. The molecule has 3 amide bonds. The van der Waals surface area contributed by atoms with Gasteiger partial charge in [-0.05, 0) is 18.4 Å². The van der Waals surface area contributed by atoms with Crippen LogP contribution >= 0.6 is 0 Å². The van der Waals surface area contributed by atoms with E-state index in [1.54, 1.807) is 0 Å². The molecule has 35 heavy (non-hydrogen) atoms. The molecule has 1 heterocycles. The van der Waals surface area contributed by atoms with Gasteiger partial charge in [-0.3, -0.25) is 19.2 Å². The van der Waals surface area contributed by atoms with Crippen molar-refractivity contribution < 1.29 is 34.2 Å². The quantitative estimate of drug-likeness (QED) is 0.165. The molecule has 1 aromatic carbocycles. The van der Waals surface area contributed by atoms with Crippen LogP contribution in [0.1, 0.15) is 24.1 Å². The van der Waals surface area contributed by atoms with Crippen LogP contribution in [-0.4, -0.2) is 74.5 Å². The smallest absolute Gasteiger partial charge is 0.326 e. The predicted octanol–water partition coefficient (Wildman–Crippen LogP) is -1.44. The molecule has 0 aliphatic carbocycles. The zero-order valence-electron chi connectivity index (χ0n) is 18.8. The van der Waals surface area contributed by atoms with Gasteiger partial charge in [0.1, 0.15) is 12.1 Å². The van der Waals surface area contributed by atoms with Crippen molar-refractivity contribution in [2.45, 2.75) is 43.8 Å². The van der Waals surface area contributed by atoms with Gasteiger partial charge in [-0.1, -0.05) is 30.3 Å². The van der Waals surface area contributed by atoms with Crippen molar-refractivity contribution in [3.63, 3.8) is 0 Å². The first-order valence-electron chi connectivity index (χ1n) is 10.7. The lowest BCUT2D eigenvalue weighted by atomic mass is 10.1. The largest absolute Gasteiger partial charge is 0.481 e. The van der Waals surface area contributed by atoms with E-state index in [0.29, 0.717) is 5.69 Å². The topological polar surface area (TPSA) is 217 Å². The highest BCUT2D eigenvalue weighted by Gasteiger charge is 2.28. The Bertz CT molecular complexity index is 1010. The van der Waals surface area contributed by atoms with E-state index < -0.39 is 60.8 Å². The standard InChI is InChI=1S/C22H28N6O7/c23-15(8-13-4-2-1-3-5-13)20(32)25-11-18(29)27-17(9-14-10-24-12-26-14)21(33)28-16(22(34)35)6-7-19(30)31/h1-5,10,12,15-17H,6-9,11,23H2,(H,24,26)(H,25,32)(H,27,29)(H,28,33)(H,30,31)(H,34,35). The lowest BCUT2D eigenvalue weighted by Gasteiger charge is -2.21. The molecule has 0 spiro atoms. The van der Waals surface area contributed by atoms with Crippen molar-refractivity contribution in [2.75, 3.05) is 6.54 Å². The van der Waals surface area contributed by atoms with Gasteiger partial charge in [0.05, 0.1) is 18.9 Å². The maximum atomic E-state index is 12.7. The number of aromatic nitrogens is 2. The number of aliphatic carboxylic acids is 2. The average Bonchev–Trinajstić information content (AvgIpc) is 3.33. The highest BCUT2D eigenvalue weighted by Crippen LogP contribution is 2.04. The van der Waals surface area contributed by atoms with E-state index in [-0.39, 0.29) is 19.3 Å². The van der Waals surface area contributed by atoms with Crippen molar-refractivity contribution in [1.82, 2.24) is 25.9 Å². The van der Waals surface area contributed by atoms with Crippen LogP contribution in [0.2, 0.25) is 0 Å². The number of imidazole rings is 1. The molecule has 3 atom stereocenters. The second-order valence-corrected chi connectivity index (χ2v) is 7.75. The van der Waals surface area contributed by atoms with Crippen LogP contribution in [0, 0.1) is 0 Å². The molecule has 2 aromatic rings. The fourth-order valence-corrected chi connectivity index (χ4v) is 3.13. The van der Waals surface area contributed by atoms with Crippen molar-refractivity contribution in [2.24, 2.45) is 5.73 Å². The molecule has 13 nitrogen and oxygen atoms in total. The second kappa shape index (κ2) is 13.4. The Morgan fingerprint density at radius 2 is 1.69 bits per heavy atom. The van der Waals surface area contributed by atoms with Gasteiger partial charge in [0, 0.05) is 24.7 Å². The van der Waals surface area contributed by atoms with E-state index in [1.165, 1.54) is 12.5 Å². The Morgan fingerprint density at radius 3 is 2.29 bits per heavy atom. The molecule has 2 rings (SSSR count). The molecule has 1 aromatic heterocycles. The fourth-order valence-electron chi connectivity index (χ4n) is 3.13. The van der Waals surface area contributed by atoms with Gasteiger partial charge in [-0.2, -0.15) is 0 Å². The summed E-state index contributed by atoms with van der Waals surface area (Å²) in [5.74, 6) is -4.72. The number of amides is 3. The summed E-state index contributed by atoms with van der Waals surface area (Å²) >= 11 is 0. The van der Waals surface area contributed by atoms with E-state index in [2.05, 4.69) is 25.9 Å². The number of aromatic amines is 1. The van der Waals surface area contributed by atoms with Crippen molar-refractivity contribution >= 4 is 29.7 Å². The monoisotopic (exact) mass is 488 g/mol. The minimum atomic E-state index is -1.46. The molecule has 0 aliphatic rings. The maximum Gasteiger partial charge on any atom is 0.326 e. The number of rotatable bonds is 14. The number of nitrogens with zero attached hydrogens (tertiary/aromatic N) is 1. The van der Waals surface area contributed by atoms with Gasteiger partial charge >= 0.3 is 11.9 Å². The summed E-state index contributed by atoms with van der Waals surface area (Å²) in [6.45, 7) is -0.463. The molecule has 0 saturated heterocycles. The fraction of sp³-hybridized carbons (Fsp3) is 0.364. The van der Waals surface area contributed by atoms with Crippen LogP contribution in [0.4, 0.5) is 0 Å². The Hall–Kier alpha value is -4.26. The zero-order chi connectivity index (χ0) is 25.8. The van der Waals surface area contributed by atoms with Gasteiger partial charge in [-0.15, -0.1) is 0 Å². The third kappa shape index (κ3) is 9.63. The summed E-state index contributed by atoms with van der Waals surface area (Å²) in [7, 11) is 0. The van der Waals surface area contributed by atoms with E-state index in [9.17, 15) is 29.1 Å². The van der Waals surface area contributed by atoms with Crippen LogP contribution in [-0.2, 0) is 36.8 Å². The summed E-state index contributed by atoms with van der Waals surface area (Å²) in [5.41, 5.74) is 7.23. The summed E-state index contributed by atoms with van der Waals surface area (Å²) in [4.78, 5) is 66.2. The van der Waals surface area contributed by atoms with Gasteiger partial charge in [0.2, 0.25) is 17.7 Å². The lowest BCUT2D eigenvalue weighted by molar-refractivity contribution is -0.143. The molecular weight excluding hydrogens is 460 g/mol. The third-order valence-electron chi connectivity index (χ3n) is 4.95.